The number of hydrogen-bond acceptors (Lipinski definition) is 6. The molecule has 4 N–H and O–H groups in total. The zero-order valence-electron chi connectivity index (χ0n) is 19.2. The largest absolute Gasteiger partial charge is 0.493 e. The number of hydrogen-bond donors (Lipinski definition) is 4. The molecule has 0 unspecified atom stereocenters. The third-order valence-corrected chi connectivity index (χ3v) is 5.67. The van der Waals surface area contributed by atoms with E-state index in [1.54, 1.807) is 36.8 Å². The normalized spacial score (nSPS) is 10.7. The molecule has 0 bridgehead atoms. The second-order valence-corrected chi connectivity index (χ2v) is 7.99. The number of aryl methyl sites for hydroxylation is 1. The minimum absolute atomic E-state index is 0.211. The van der Waals surface area contributed by atoms with E-state index in [4.69, 9.17) is 21.1 Å². The molecule has 4 rings (SSSR count). The molecule has 3 heterocycles. The summed E-state index contributed by atoms with van der Waals surface area (Å²) < 4.78 is 11.4. The minimum Gasteiger partial charge on any atom is -0.493 e. The first kappa shape index (κ1) is 23.9. The van der Waals surface area contributed by atoms with Gasteiger partial charge in [0.2, 0.25) is 5.91 Å². The molecule has 1 aromatic carbocycles. The summed E-state index contributed by atoms with van der Waals surface area (Å²) in [6.07, 6.45) is 6.06. The van der Waals surface area contributed by atoms with Crippen LogP contribution in [-0.4, -0.2) is 41.1 Å². The van der Waals surface area contributed by atoms with Crippen LogP contribution in [0.2, 0.25) is 5.02 Å². The summed E-state index contributed by atoms with van der Waals surface area (Å²) in [7, 11) is 1.53. The summed E-state index contributed by atoms with van der Waals surface area (Å²) in [4.78, 5) is 34.7. The van der Waals surface area contributed by atoms with Gasteiger partial charge >= 0.3 is 0 Å². The number of amides is 1. The van der Waals surface area contributed by atoms with E-state index in [9.17, 15) is 9.59 Å². The van der Waals surface area contributed by atoms with Gasteiger partial charge in [-0.05, 0) is 36.8 Å². The molecule has 1 amide bonds. The van der Waals surface area contributed by atoms with Crippen molar-refractivity contribution in [2.24, 2.45) is 0 Å². The monoisotopic (exact) mass is 493 g/mol. The molecule has 180 valence electrons. The number of carbonyl (C=O) groups excluding carboxylic acids is 1. The maximum absolute atomic E-state index is 12.9. The highest BCUT2D eigenvalue weighted by Crippen LogP contribution is 2.42. The molecule has 0 radical (unpaired) electrons. The van der Waals surface area contributed by atoms with Crippen LogP contribution < -0.4 is 25.7 Å². The first-order chi connectivity index (χ1) is 16.9. The summed E-state index contributed by atoms with van der Waals surface area (Å²) in [6, 6.07) is 7.10. The summed E-state index contributed by atoms with van der Waals surface area (Å²) in [5.41, 5.74) is 3.68. The summed E-state index contributed by atoms with van der Waals surface area (Å²) in [5, 5.41) is 6.88. The molecule has 0 fully saturated rings. The third kappa shape index (κ3) is 4.85. The lowest BCUT2D eigenvalue weighted by molar-refractivity contribution is -0.116. The number of fused-ring (bicyclic) bond motifs is 1. The number of methoxy groups -OCH3 is 1. The number of nitrogens with zero attached hydrogens (tertiary/aromatic N) is 1. The number of para-hydroxylation sites is 1. The molecule has 0 aliphatic rings. The van der Waals surface area contributed by atoms with Crippen LogP contribution in [-0.2, 0) is 4.79 Å². The first-order valence-corrected chi connectivity index (χ1v) is 11.1. The van der Waals surface area contributed by atoms with E-state index < -0.39 is 0 Å². The number of benzene rings is 1. The van der Waals surface area contributed by atoms with E-state index in [2.05, 4.69) is 32.2 Å². The highest BCUT2D eigenvalue weighted by atomic mass is 35.5. The van der Waals surface area contributed by atoms with Gasteiger partial charge in [0.15, 0.2) is 5.75 Å². The molecule has 9 nitrogen and oxygen atoms in total. The van der Waals surface area contributed by atoms with Crippen LogP contribution in [0, 0.1) is 6.92 Å². The van der Waals surface area contributed by atoms with Crippen molar-refractivity contribution in [1.82, 2.24) is 20.3 Å². The number of anilines is 2. The van der Waals surface area contributed by atoms with E-state index in [-0.39, 0.29) is 24.6 Å². The second-order valence-electron chi connectivity index (χ2n) is 7.59. The lowest BCUT2D eigenvalue weighted by Crippen LogP contribution is -2.26. The highest BCUT2D eigenvalue weighted by molar-refractivity contribution is 6.32. The van der Waals surface area contributed by atoms with Gasteiger partial charge in [0.05, 0.1) is 52.8 Å². The zero-order chi connectivity index (χ0) is 24.9. The van der Waals surface area contributed by atoms with Crippen molar-refractivity contribution in [2.75, 3.05) is 25.6 Å². The van der Waals surface area contributed by atoms with Crippen molar-refractivity contribution in [3.63, 3.8) is 0 Å². The topological polar surface area (TPSA) is 121 Å². The number of halogens is 1. The average Bonchev–Trinajstić information content (AvgIpc) is 3.24. The minimum atomic E-state index is -0.285. The van der Waals surface area contributed by atoms with Crippen LogP contribution >= 0.6 is 11.6 Å². The predicted molar refractivity (Wildman–Crippen MR) is 137 cm³/mol. The molecule has 10 heteroatoms. The van der Waals surface area contributed by atoms with Crippen LogP contribution in [0.5, 0.6) is 11.5 Å². The number of H-pyrrole nitrogens is 2. The zero-order valence-corrected chi connectivity index (χ0v) is 20.0. The van der Waals surface area contributed by atoms with Crippen molar-refractivity contribution in [2.45, 2.75) is 6.92 Å². The van der Waals surface area contributed by atoms with Crippen molar-refractivity contribution >= 4 is 39.8 Å². The average molecular weight is 494 g/mol. The van der Waals surface area contributed by atoms with Crippen molar-refractivity contribution in [1.29, 1.82) is 0 Å². The Balaban J connectivity index is 1.82. The van der Waals surface area contributed by atoms with Gasteiger partial charge in [-0.3, -0.25) is 14.6 Å². The molecular weight excluding hydrogens is 470 g/mol. The van der Waals surface area contributed by atoms with E-state index in [0.29, 0.717) is 50.1 Å². The predicted octanol–water partition coefficient (Wildman–Crippen LogP) is 4.31. The molecule has 0 saturated carbocycles. The van der Waals surface area contributed by atoms with Crippen molar-refractivity contribution < 1.29 is 14.3 Å². The quantitative estimate of drug-likeness (QED) is 0.203. The molecule has 0 saturated heterocycles. The molecular formula is C25H24ClN5O4. The number of aromatic nitrogens is 3. The fraction of sp³-hybridized carbons (Fsp3) is 0.160. The Bertz CT molecular complexity index is 1460. The Morgan fingerprint density at radius 1 is 1.31 bits per heavy atom. The Hall–Kier alpha value is -4.24. The van der Waals surface area contributed by atoms with Gasteiger partial charge in [0.25, 0.3) is 5.56 Å². The smallest absolute Gasteiger partial charge is 0.259 e. The van der Waals surface area contributed by atoms with E-state index in [1.807, 2.05) is 13.0 Å². The van der Waals surface area contributed by atoms with Gasteiger partial charge in [-0.1, -0.05) is 24.2 Å². The summed E-state index contributed by atoms with van der Waals surface area (Å²) in [5.74, 6) is 0.636. The number of carbonyl (C=O) groups is 1. The number of pyridine rings is 2. The van der Waals surface area contributed by atoms with Crippen molar-refractivity contribution in [3.05, 3.63) is 76.5 Å². The molecule has 3 aromatic heterocycles. The van der Waals surface area contributed by atoms with Crippen LogP contribution in [0.15, 0.2) is 60.3 Å². The Labute approximate surface area is 206 Å². The summed E-state index contributed by atoms with van der Waals surface area (Å²) >= 11 is 6.33. The standard InChI is InChI=1S/C25H24ClN5O4/c1-4-19(32)28-10-11-35-18-13-27-9-8-15(18)22-23(20-21(31-22)14(2)12-29-25(20)33)30-17-7-5-6-16(26)24(17)34-3/h4-9,12-13,30-31H,1,10-11H2,2-3H3,(H,28,32)(H,29,33). The maximum atomic E-state index is 12.9. The lowest BCUT2D eigenvalue weighted by atomic mass is 10.1. The second kappa shape index (κ2) is 10.4. The Morgan fingerprint density at radius 3 is 2.91 bits per heavy atom. The molecule has 4 aromatic rings. The molecule has 35 heavy (non-hydrogen) atoms. The van der Waals surface area contributed by atoms with Crippen molar-refractivity contribution in [3.8, 4) is 22.8 Å². The van der Waals surface area contributed by atoms with E-state index in [1.165, 1.54) is 13.2 Å². The fourth-order valence-electron chi connectivity index (χ4n) is 3.73. The number of aromatic amines is 2. The number of ether oxygens (including phenoxy) is 2. The number of rotatable bonds is 9. The van der Waals surface area contributed by atoms with Gasteiger partial charge in [-0.25, -0.2) is 0 Å². The van der Waals surface area contributed by atoms with Gasteiger partial charge in [-0.2, -0.15) is 0 Å². The van der Waals surface area contributed by atoms with Gasteiger partial charge in [-0.15, -0.1) is 0 Å². The molecule has 0 spiro atoms. The number of nitrogens with one attached hydrogen (secondary N) is 4. The van der Waals surface area contributed by atoms with E-state index >= 15 is 0 Å². The van der Waals surface area contributed by atoms with Crippen LogP contribution in [0.4, 0.5) is 11.4 Å². The Morgan fingerprint density at radius 2 is 2.14 bits per heavy atom. The molecule has 0 aliphatic heterocycles. The SMILES string of the molecule is C=CC(=O)NCCOc1cnccc1-c1[nH]c2c(C)c[nH]c(=O)c2c1Nc1cccc(Cl)c1OC. The lowest BCUT2D eigenvalue weighted by Gasteiger charge is -2.15. The summed E-state index contributed by atoms with van der Waals surface area (Å²) in [6.45, 7) is 5.82. The first-order valence-electron chi connectivity index (χ1n) is 10.8. The molecule has 0 aliphatic carbocycles. The Kier molecular flexibility index (Phi) is 7.07. The van der Waals surface area contributed by atoms with Crippen LogP contribution in [0.3, 0.4) is 0 Å². The van der Waals surface area contributed by atoms with Gasteiger partial charge in [0, 0.05) is 18.0 Å². The van der Waals surface area contributed by atoms with Gasteiger partial charge < -0.3 is 30.1 Å². The fourth-order valence-corrected chi connectivity index (χ4v) is 3.98. The third-order valence-electron chi connectivity index (χ3n) is 5.37. The van der Waals surface area contributed by atoms with Crippen LogP contribution in [0.25, 0.3) is 22.2 Å². The molecule has 0 atom stereocenters. The maximum Gasteiger partial charge on any atom is 0.259 e. The van der Waals surface area contributed by atoms with Crippen LogP contribution in [0.1, 0.15) is 5.56 Å². The highest BCUT2D eigenvalue weighted by Gasteiger charge is 2.22. The van der Waals surface area contributed by atoms with Gasteiger partial charge in [0.1, 0.15) is 12.4 Å². The van der Waals surface area contributed by atoms with E-state index in [0.717, 1.165) is 5.56 Å².